The van der Waals surface area contributed by atoms with Crippen LogP contribution in [0.4, 0.5) is 5.95 Å². The van der Waals surface area contributed by atoms with Gasteiger partial charge < -0.3 is 10.1 Å². The van der Waals surface area contributed by atoms with Gasteiger partial charge >= 0.3 is 0 Å². The van der Waals surface area contributed by atoms with Crippen LogP contribution in [0.2, 0.25) is 0 Å². The molecule has 0 saturated carbocycles. The number of hydrogen-bond acceptors (Lipinski definition) is 4. The van der Waals surface area contributed by atoms with Crippen LogP contribution in [0.3, 0.4) is 0 Å². The van der Waals surface area contributed by atoms with E-state index in [2.05, 4.69) is 28.8 Å². The van der Waals surface area contributed by atoms with Gasteiger partial charge in [-0.15, -0.1) is 6.58 Å². The molecule has 0 fully saturated rings. The Morgan fingerprint density at radius 1 is 1.56 bits per heavy atom. The predicted octanol–water partition coefficient (Wildman–Crippen LogP) is 2.64. The van der Waals surface area contributed by atoms with E-state index in [1.165, 1.54) is 0 Å². The Bertz CT molecular complexity index is 339. The molecule has 0 spiro atoms. The van der Waals surface area contributed by atoms with Gasteiger partial charge in [-0.05, 0) is 13.3 Å². The topological polar surface area (TPSA) is 47.0 Å². The standard InChI is InChI=1S/C12H19N3O/c1-4-7-13-12-14-8-5-11(15-12)16-9-6-10(2)3/h5,8H,2,4,6-7,9H2,1,3H3,(H,13,14,15). The maximum atomic E-state index is 5.49. The fourth-order valence-electron chi connectivity index (χ4n) is 1.07. The van der Waals surface area contributed by atoms with Crippen LogP contribution in [-0.2, 0) is 0 Å². The average molecular weight is 221 g/mol. The first-order valence-electron chi connectivity index (χ1n) is 5.56. The number of ether oxygens (including phenoxy) is 1. The lowest BCUT2D eigenvalue weighted by Gasteiger charge is -2.07. The predicted molar refractivity (Wildman–Crippen MR) is 65.7 cm³/mol. The molecule has 0 unspecified atom stereocenters. The molecule has 1 heterocycles. The van der Waals surface area contributed by atoms with E-state index in [4.69, 9.17) is 4.74 Å². The average Bonchev–Trinajstić information content (AvgIpc) is 2.26. The van der Waals surface area contributed by atoms with Gasteiger partial charge in [0.2, 0.25) is 11.8 Å². The molecule has 1 aromatic rings. The summed E-state index contributed by atoms with van der Waals surface area (Å²) in [6, 6.07) is 1.76. The summed E-state index contributed by atoms with van der Waals surface area (Å²) in [7, 11) is 0. The molecule has 16 heavy (non-hydrogen) atoms. The second-order valence-corrected chi connectivity index (χ2v) is 3.70. The zero-order chi connectivity index (χ0) is 11.8. The lowest BCUT2D eigenvalue weighted by Crippen LogP contribution is -2.06. The lowest BCUT2D eigenvalue weighted by molar-refractivity contribution is 0.309. The van der Waals surface area contributed by atoms with Crippen LogP contribution < -0.4 is 10.1 Å². The Kier molecular flexibility index (Phi) is 5.32. The largest absolute Gasteiger partial charge is 0.477 e. The molecule has 88 valence electrons. The van der Waals surface area contributed by atoms with Gasteiger partial charge in [0, 0.05) is 25.2 Å². The molecule has 0 amide bonds. The first kappa shape index (κ1) is 12.5. The Morgan fingerprint density at radius 3 is 3.06 bits per heavy atom. The highest BCUT2D eigenvalue weighted by molar-refractivity contribution is 5.27. The van der Waals surface area contributed by atoms with Crippen LogP contribution in [-0.4, -0.2) is 23.1 Å². The first-order chi connectivity index (χ1) is 7.72. The number of hydrogen-bond donors (Lipinski definition) is 1. The monoisotopic (exact) mass is 221 g/mol. The fraction of sp³-hybridized carbons (Fsp3) is 0.500. The number of anilines is 1. The molecule has 1 aromatic heterocycles. The van der Waals surface area contributed by atoms with Gasteiger partial charge in [0.1, 0.15) is 0 Å². The zero-order valence-electron chi connectivity index (χ0n) is 9.99. The van der Waals surface area contributed by atoms with Crippen molar-refractivity contribution in [1.82, 2.24) is 9.97 Å². The molecule has 0 atom stereocenters. The molecule has 0 aliphatic rings. The second-order valence-electron chi connectivity index (χ2n) is 3.70. The Hall–Kier alpha value is -1.58. The van der Waals surface area contributed by atoms with E-state index in [0.717, 1.165) is 25.0 Å². The summed E-state index contributed by atoms with van der Waals surface area (Å²) in [5.41, 5.74) is 1.11. The maximum Gasteiger partial charge on any atom is 0.225 e. The van der Waals surface area contributed by atoms with E-state index in [0.29, 0.717) is 18.4 Å². The minimum Gasteiger partial charge on any atom is -0.477 e. The Morgan fingerprint density at radius 2 is 2.38 bits per heavy atom. The maximum absolute atomic E-state index is 5.49. The van der Waals surface area contributed by atoms with Crippen molar-refractivity contribution in [3.63, 3.8) is 0 Å². The van der Waals surface area contributed by atoms with Crippen molar-refractivity contribution >= 4 is 5.95 Å². The highest BCUT2D eigenvalue weighted by Crippen LogP contribution is 2.09. The third-order valence-corrected chi connectivity index (χ3v) is 1.94. The second kappa shape index (κ2) is 6.82. The summed E-state index contributed by atoms with van der Waals surface area (Å²) >= 11 is 0. The molecule has 0 saturated heterocycles. The molecule has 4 heteroatoms. The highest BCUT2D eigenvalue weighted by Gasteiger charge is 1.99. The van der Waals surface area contributed by atoms with Crippen molar-refractivity contribution < 1.29 is 4.74 Å². The van der Waals surface area contributed by atoms with Crippen molar-refractivity contribution in [3.05, 3.63) is 24.4 Å². The smallest absolute Gasteiger partial charge is 0.225 e. The number of rotatable bonds is 7. The summed E-state index contributed by atoms with van der Waals surface area (Å²) in [6.07, 6.45) is 3.59. The van der Waals surface area contributed by atoms with Crippen LogP contribution in [0.15, 0.2) is 24.4 Å². The first-order valence-corrected chi connectivity index (χ1v) is 5.56. The van der Waals surface area contributed by atoms with Crippen LogP contribution >= 0.6 is 0 Å². The summed E-state index contributed by atoms with van der Waals surface area (Å²) in [5, 5.41) is 3.11. The Balaban J connectivity index is 2.43. The number of nitrogens with one attached hydrogen (secondary N) is 1. The molecular formula is C12H19N3O. The SMILES string of the molecule is C=C(C)CCOc1ccnc(NCCC)n1. The van der Waals surface area contributed by atoms with Gasteiger partial charge in [0.25, 0.3) is 0 Å². The number of nitrogens with zero attached hydrogens (tertiary/aromatic N) is 2. The van der Waals surface area contributed by atoms with Gasteiger partial charge in [-0.1, -0.05) is 12.5 Å². The summed E-state index contributed by atoms with van der Waals surface area (Å²) in [6.45, 7) is 9.38. The number of aromatic nitrogens is 2. The van der Waals surface area contributed by atoms with Gasteiger partial charge in [0.05, 0.1) is 6.61 Å². The van der Waals surface area contributed by atoms with E-state index in [1.807, 2.05) is 6.92 Å². The highest BCUT2D eigenvalue weighted by atomic mass is 16.5. The molecule has 1 rings (SSSR count). The quantitative estimate of drug-likeness (QED) is 0.719. The van der Waals surface area contributed by atoms with Crippen LogP contribution in [0.25, 0.3) is 0 Å². The third-order valence-electron chi connectivity index (χ3n) is 1.94. The third kappa shape index (κ3) is 4.77. The summed E-state index contributed by atoms with van der Waals surface area (Å²) < 4.78 is 5.49. The zero-order valence-corrected chi connectivity index (χ0v) is 9.99. The van der Waals surface area contributed by atoms with Crippen LogP contribution in [0, 0.1) is 0 Å². The molecule has 0 aliphatic heterocycles. The van der Waals surface area contributed by atoms with Crippen molar-refractivity contribution in [2.45, 2.75) is 26.7 Å². The van der Waals surface area contributed by atoms with Gasteiger partial charge in [-0.3, -0.25) is 0 Å². The molecule has 0 aromatic carbocycles. The minimum absolute atomic E-state index is 0.606. The van der Waals surface area contributed by atoms with Crippen molar-refractivity contribution in [2.24, 2.45) is 0 Å². The van der Waals surface area contributed by atoms with E-state index < -0.39 is 0 Å². The van der Waals surface area contributed by atoms with Gasteiger partial charge in [0.15, 0.2) is 0 Å². The summed E-state index contributed by atoms with van der Waals surface area (Å²) in [4.78, 5) is 8.33. The van der Waals surface area contributed by atoms with E-state index in [-0.39, 0.29) is 0 Å². The lowest BCUT2D eigenvalue weighted by atomic mass is 10.3. The van der Waals surface area contributed by atoms with E-state index >= 15 is 0 Å². The molecule has 0 aliphatic carbocycles. The molecule has 0 bridgehead atoms. The van der Waals surface area contributed by atoms with E-state index in [1.54, 1.807) is 12.3 Å². The normalized spacial score (nSPS) is 9.88. The van der Waals surface area contributed by atoms with Gasteiger partial charge in [-0.2, -0.15) is 4.98 Å². The Labute approximate surface area is 96.8 Å². The van der Waals surface area contributed by atoms with Crippen LogP contribution in [0.1, 0.15) is 26.7 Å². The summed E-state index contributed by atoms with van der Waals surface area (Å²) in [5.74, 6) is 1.23. The molecular weight excluding hydrogens is 202 g/mol. The van der Waals surface area contributed by atoms with Crippen molar-refractivity contribution in [1.29, 1.82) is 0 Å². The minimum atomic E-state index is 0.606. The molecule has 1 N–H and O–H groups in total. The van der Waals surface area contributed by atoms with Crippen molar-refractivity contribution in [2.75, 3.05) is 18.5 Å². The molecule has 4 nitrogen and oxygen atoms in total. The van der Waals surface area contributed by atoms with E-state index in [9.17, 15) is 0 Å². The molecule has 0 radical (unpaired) electrons. The van der Waals surface area contributed by atoms with Crippen LogP contribution in [0.5, 0.6) is 5.88 Å². The fourth-order valence-corrected chi connectivity index (χ4v) is 1.07. The van der Waals surface area contributed by atoms with Crippen molar-refractivity contribution in [3.8, 4) is 5.88 Å². The van der Waals surface area contributed by atoms with Gasteiger partial charge in [-0.25, -0.2) is 4.98 Å².